The Labute approximate surface area is 243 Å². The molecule has 0 spiro atoms. The number of nitrogens with two attached hydrogens (primary N) is 1. The highest BCUT2D eigenvalue weighted by Crippen LogP contribution is 2.39. The molecule has 2 aliphatic rings. The number of carbonyl (C=O) groups excluding carboxylic acids is 1. The van der Waals surface area contributed by atoms with Gasteiger partial charge in [0.2, 0.25) is 5.91 Å². The Bertz CT molecular complexity index is 1590. The predicted octanol–water partition coefficient (Wildman–Crippen LogP) is 4.61. The van der Waals surface area contributed by atoms with Crippen molar-refractivity contribution in [1.29, 1.82) is 0 Å². The van der Waals surface area contributed by atoms with Gasteiger partial charge in [0, 0.05) is 44.7 Å². The number of piperazine rings is 1. The number of carbonyl (C=O) groups is 2. The molecule has 1 saturated carbocycles. The van der Waals surface area contributed by atoms with Crippen LogP contribution in [-0.4, -0.2) is 78.9 Å². The van der Waals surface area contributed by atoms with Gasteiger partial charge in [0.15, 0.2) is 11.5 Å². The zero-order chi connectivity index (χ0) is 29.2. The number of hydrogen-bond donors (Lipinski definition) is 3. The van der Waals surface area contributed by atoms with Crippen LogP contribution in [0.5, 0.6) is 11.5 Å². The van der Waals surface area contributed by atoms with Crippen LogP contribution < -0.4 is 15.8 Å². The minimum atomic E-state index is -1.22. The number of fused-ring (bicyclic) bond motifs is 1. The zero-order valence-corrected chi connectivity index (χ0v) is 23.4. The molecule has 4 aromatic rings. The Morgan fingerprint density at radius 3 is 2.36 bits per heavy atom. The largest absolute Gasteiger partial charge is 0.465 e. The summed E-state index contributed by atoms with van der Waals surface area (Å²) in [4.78, 5) is 36.5. The molecule has 2 aromatic heterocycles. The molecule has 2 fully saturated rings. The number of nitrogen functional groups attached to an aromatic ring is 1. The van der Waals surface area contributed by atoms with E-state index in [-0.39, 0.29) is 17.8 Å². The summed E-state index contributed by atoms with van der Waals surface area (Å²) >= 11 is 0. The molecular formula is C30H34N8O4. The molecule has 1 saturated heterocycles. The van der Waals surface area contributed by atoms with Crippen molar-refractivity contribution < 1.29 is 19.4 Å². The average Bonchev–Trinajstić information content (AvgIpc) is 3.39. The maximum Gasteiger partial charge on any atom is 0.410 e. The molecule has 218 valence electrons. The van der Waals surface area contributed by atoms with Gasteiger partial charge in [-0.1, -0.05) is 18.2 Å². The van der Waals surface area contributed by atoms with Crippen molar-refractivity contribution in [3.05, 3.63) is 54.9 Å². The van der Waals surface area contributed by atoms with Crippen LogP contribution >= 0.6 is 0 Å². The normalized spacial score (nSPS) is 19.5. The van der Waals surface area contributed by atoms with E-state index < -0.39 is 6.09 Å². The van der Waals surface area contributed by atoms with Crippen LogP contribution in [0.3, 0.4) is 0 Å². The van der Waals surface area contributed by atoms with Crippen LogP contribution in [0, 0.1) is 0 Å². The highest BCUT2D eigenvalue weighted by molar-refractivity contribution is 6.03. The topological polar surface area (TPSA) is 152 Å². The molecule has 0 bridgehead atoms. The number of amides is 2. The van der Waals surface area contributed by atoms with Gasteiger partial charge in [0.05, 0.1) is 17.1 Å². The van der Waals surface area contributed by atoms with Crippen LogP contribution in [0.25, 0.3) is 22.3 Å². The number of para-hydroxylation sites is 1. The fourth-order valence-corrected chi connectivity index (χ4v) is 6.10. The highest BCUT2D eigenvalue weighted by Gasteiger charge is 2.32. The molecule has 0 atom stereocenters. The molecule has 12 nitrogen and oxygen atoms in total. The van der Waals surface area contributed by atoms with E-state index in [1.165, 1.54) is 6.33 Å². The quantitative estimate of drug-likeness (QED) is 0.282. The number of nitrogens with zero attached hydrogens (tertiary/aromatic N) is 6. The Kier molecular flexibility index (Phi) is 7.62. The van der Waals surface area contributed by atoms with E-state index in [2.05, 4.69) is 20.2 Å². The third-order valence-corrected chi connectivity index (χ3v) is 8.26. The molecule has 2 amide bonds. The van der Waals surface area contributed by atoms with Crippen LogP contribution in [0.4, 0.5) is 16.3 Å². The molecule has 0 unspecified atom stereocenters. The number of nitrogens with one attached hydrogen (secondary N) is 1. The summed E-state index contributed by atoms with van der Waals surface area (Å²) in [6.45, 7) is 4.97. The first-order valence-corrected chi connectivity index (χ1v) is 14.2. The lowest BCUT2D eigenvalue weighted by atomic mass is 9.90. The van der Waals surface area contributed by atoms with Gasteiger partial charge in [-0.25, -0.2) is 19.4 Å². The second kappa shape index (κ2) is 11.6. The highest BCUT2D eigenvalue weighted by atomic mass is 16.5. The van der Waals surface area contributed by atoms with Crippen LogP contribution in [-0.2, 0) is 4.79 Å². The van der Waals surface area contributed by atoms with E-state index in [1.54, 1.807) is 19.1 Å². The van der Waals surface area contributed by atoms with Crippen molar-refractivity contribution in [1.82, 2.24) is 29.5 Å². The van der Waals surface area contributed by atoms with Gasteiger partial charge in [-0.2, -0.15) is 5.10 Å². The predicted molar refractivity (Wildman–Crippen MR) is 158 cm³/mol. The van der Waals surface area contributed by atoms with E-state index in [0.717, 1.165) is 51.9 Å². The first-order chi connectivity index (χ1) is 20.4. The molecular weight excluding hydrogens is 536 g/mol. The number of ether oxygens (including phenoxy) is 1. The minimum Gasteiger partial charge on any atom is -0.465 e. The molecule has 42 heavy (non-hydrogen) atoms. The first-order valence-electron chi connectivity index (χ1n) is 14.2. The first kappa shape index (κ1) is 27.5. The summed E-state index contributed by atoms with van der Waals surface area (Å²) < 4.78 is 7.88. The van der Waals surface area contributed by atoms with Crippen molar-refractivity contribution in [2.24, 2.45) is 0 Å². The molecule has 0 radical (unpaired) electrons. The van der Waals surface area contributed by atoms with Crippen molar-refractivity contribution in [3.8, 4) is 22.8 Å². The van der Waals surface area contributed by atoms with Crippen molar-refractivity contribution >= 4 is 34.5 Å². The third-order valence-electron chi connectivity index (χ3n) is 8.26. The van der Waals surface area contributed by atoms with E-state index >= 15 is 0 Å². The second-order valence-corrected chi connectivity index (χ2v) is 10.8. The average molecular weight is 571 g/mol. The smallest absolute Gasteiger partial charge is 0.410 e. The number of benzene rings is 2. The summed E-state index contributed by atoms with van der Waals surface area (Å²) in [6, 6.07) is 15.4. The van der Waals surface area contributed by atoms with Gasteiger partial charge in [0.1, 0.15) is 23.5 Å². The lowest BCUT2D eigenvalue weighted by Gasteiger charge is -2.41. The molecule has 1 aliphatic carbocycles. The van der Waals surface area contributed by atoms with Crippen LogP contribution in [0.1, 0.15) is 38.6 Å². The van der Waals surface area contributed by atoms with Gasteiger partial charge in [0.25, 0.3) is 0 Å². The fraction of sp³-hybridized carbons (Fsp3) is 0.367. The Hall–Kier alpha value is -4.71. The molecule has 6 rings (SSSR count). The number of aromatic nitrogens is 4. The Morgan fingerprint density at radius 1 is 0.976 bits per heavy atom. The van der Waals surface area contributed by atoms with Crippen molar-refractivity contribution in [3.63, 3.8) is 0 Å². The maximum absolute atomic E-state index is 11.7. The van der Waals surface area contributed by atoms with Crippen molar-refractivity contribution in [2.75, 3.05) is 37.2 Å². The number of anilines is 2. The van der Waals surface area contributed by atoms with Gasteiger partial charge < -0.3 is 20.5 Å². The van der Waals surface area contributed by atoms with E-state index in [4.69, 9.17) is 15.6 Å². The SMILES string of the molecule is CC(=O)N1CCN(C2CCC(n3nc(-c4ccc(Oc5ccccc5)c(N)c4)c4c(NC(=O)O)ncnc43)CC2)CC1. The number of hydrogen-bond acceptors (Lipinski definition) is 8. The molecule has 3 heterocycles. The summed E-state index contributed by atoms with van der Waals surface area (Å²) in [5.41, 5.74) is 8.66. The third kappa shape index (κ3) is 5.57. The van der Waals surface area contributed by atoms with E-state index in [1.807, 2.05) is 46.0 Å². The Morgan fingerprint density at radius 2 is 1.69 bits per heavy atom. The van der Waals surface area contributed by atoms with E-state index in [0.29, 0.717) is 45.5 Å². The summed E-state index contributed by atoms with van der Waals surface area (Å²) in [6.07, 6.45) is 3.97. The summed E-state index contributed by atoms with van der Waals surface area (Å²) in [5.74, 6) is 1.49. The van der Waals surface area contributed by atoms with Crippen molar-refractivity contribution in [2.45, 2.75) is 44.7 Å². The summed E-state index contributed by atoms with van der Waals surface area (Å²) in [7, 11) is 0. The van der Waals surface area contributed by atoms with E-state index in [9.17, 15) is 14.7 Å². The van der Waals surface area contributed by atoms with Gasteiger partial charge in [-0.15, -0.1) is 0 Å². The van der Waals surface area contributed by atoms with Crippen LogP contribution in [0.15, 0.2) is 54.9 Å². The van der Waals surface area contributed by atoms with Gasteiger partial charge in [-0.3, -0.25) is 15.0 Å². The van der Waals surface area contributed by atoms with Gasteiger partial charge >= 0.3 is 6.09 Å². The minimum absolute atomic E-state index is 0.0987. The lowest BCUT2D eigenvalue weighted by Crippen LogP contribution is -2.52. The Balaban J connectivity index is 1.28. The zero-order valence-electron chi connectivity index (χ0n) is 23.4. The molecule has 4 N–H and O–H groups in total. The monoisotopic (exact) mass is 570 g/mol. The van der Waals surface area contributed by atoms with Gasteiger partial charge in [-0.05, 0) is 56.0 Å². The summed E-state index contributed by atoms with van der Waals surface area (Å²) in [5, 5.41) is 17.4. The fourth-order valence-electron chi connectivity index (χ4n) is 6.10. The molecule has 12 heteroatoms. The standard InChI is InChI=1S/C30H34N8O4/c1-19(39)36-13-15-37(16-14-36)21-8-10-22(11-9-21)38-29-26(28(32-18-33-29)34-30(40)41)27(35-38)20-7-12-25(24(31)17-20)42-23-5-3-2-4-6-23/h2-7,12,17-18,21-22H,8-11,13-16,31H2,1H3,(H,40,41)(H,32,33,34). The molecule has 2 aromatic carbocycles. The molecule has 1 aliphatic heterocycles. The number of carboxylic acid groups (broad SMARTS) is 1. The lowest BCUT2D eigenvalue weighted by molar-refractivity contribution is -0.131. The second-order valence-electron chi connectivity index (χ2n) is 10.8. The maximum atomic E-state index is 11.7. The number of rotatable bonds is 6. The van der Waals surface area contributed by atoms with Crippen LogP contribution in [0.2, 0.25) is 0 Å².